The molecule has 1 aromatic heterocycles. The lowest BCUT2D eigenvalue weighted by atomic mass is 9.94. The van der Waals surface area contributed by atoms with Crippen molar-refractivity contribution >= 4 is 11.6 Å². The van der Waals surface area contributed by atoms with E-state index in [9.17, 15) is 18.0 Å². The number of rotatable bonds is 5. The number of aromatic nitrogens is 2. The van der Waals surface area contributed by atoms with E-state index >= 15 is 0 Å². The van der Waals surface area contributed by atoms with Crippen molar-refractivity contribution < 1.29 is 22.5 Å². The van der Waals surface area contributed by atoms with E-state index in [0.29, 0.717) is 28.0 Å². The van der Waals surface area contributed by atoms with E-state index in [4.69, 9.17) is 4.52 Å². The number of hydrogen-bond acceptors (Lipinski definition) is 4. The summed E-state index contributed by atoms with van der Waals surface area (Å²) < 4.78 is 46.7. The Kier molecular flexibility index (Phi) is 5.82. The molecule has 6 nitrogen and oxygen atoms in total. The van der Waals surface area contributed by atoms with E-state index in [1.165, 1.54) is 47.4 Å². The second-order valence-electron chi connectivity index (χ2n) is 8.08. The Bertz CT molecular complexity index is 1430. The summed E-state index contributed by atoms with van der Waals surface area (Å²) in [6.07, 6.45) is 0. The minimum atomic E-state index is -0.775. The number of urea groups is 1. The van der Waals surface area contributed by atoms with E-state index in [0.717, 1.165) is 0 Å². The van der Waals surface area contributed by atoms with Gasteiger partial charge in [0, 0.05) is 11.3 Å². The zero-order valence-corrected chi connectivity index (χ0v) is 18.5. The lowest BCUT2D eigenvalue weighted by Crippen LogP contribution is -2.45. The number of nitrogens with one attached hydrogen (secondary N) is 1. The Morgan fingerprint density at radius 3 is 2.37 bits per heavy atom. The Morgan fingerprint density at radius 1 is 0.943 bits per heavy atom. The fraction of sp³-hybridized carbons (Fsp3) is 0.115. The fourth-order valence-electron chi connectivity index (χ4n) is 4.04. The molecule has 3 aromatic carbocycles. The summed E-state index contributed by atoms with van der Waals surface area (Å²) in [6.45, 7) is 1.87. The first kappa shape index (κ1) is 22.4. The van der Waals surface area contributed by atoms with Crippen molar-refractivity contribution in [1.82, 2.24) is 20.4 Å². The number of carbonyl (C=O) groups is 1. The predicted octanol–water partition coefficient (Wildman–Crippen LogP) is 5.85. The van der Waals surface area contributed by atoms with E-state index in [1.54, 1.807) is 37.3 Å². The van der Waals surface area contributed by atoms with Gasteiger partial charge in [0.2, 0.25) is 5.82 Å². The van der Waals surface area contributed by atoms with Crippen LogP contribution in [0.25, 0.3) is 17.0 Å². The van der Waals surface area contributed by atoms with Crippen molar-refractivity contribution in [2.45, 2.75) is 19.5 Å². The molecule has 2 heterocycles. The summed E-state index contributed by atoms with van der Waals surface area (Å²) in [5.41, 5.74) is 2.58. The maximum atomic E-state index is 14.0. The summed E-state index contributed by atoms with van der Waals surface area (Å²) in [5, 5.41) is 6.87. The van der Waals surface area contributed by atoms with E-state index in [2.05, 4.69) is 15.5 Å². The third-order valence-electron chi connectivity index (χ3n) is 5.77. The quantitative estimate of drug-likeness (QED) is 0.392. The van der Waals surface area contributed by atoms with Crippen LogP contribution in [0.1, 0.15) is 30.0 Å². The van der Waals surface area contributed by atoms with Crippen LogP contribution >= 0.6 is 0 Å². The van der Waals surface area contributed by atoms with Gasteiger partial charge in [-0.3, -0.25) is 4.90 Å². The molecule has 1 aliphatic heterocycles. The second-order valence-corrected chi connectivity index (χ2v) is 8.08. The van der Waals surface area contributed by atoms with Crippen LogP contribution in [0.2, 0.25) is 0 Å². The van der Waals surface area contributed by atoms with Gasteiger partial charge in [-0.2, -0.15) is 4.98 Å². The molecule has 1 unspecified atom stereocenters. The molecule has 2 amide bonds. The number of amides is 2. The maximum Gasteiger partial charge on any atom is 0.322 e. The van der Waals surface area contributed by atoms with Gasteiger partial charge in [-0.05, 0) is 54.4 Å². The van der Waals surface area contributed by atoms with Crippen molar-refractivity contribution in [2.24, 2.45) is 0 Å². The molecule has 176 valence electrons. The summed E-state index contributed by atoms with van der Waals surface area (Å²) in [6, 6.07) is 16.2. The third-order valence-corrected chi connectivity index (χ3v) is 5.77. The first-order valence-corrected chi connectivity index (χ1v) is 10.8. The number of halogens is 3. The van der Waals surface area contributed by atoms with Crippen LogP contribution in [-0.4, -0.2) is 21.1 Å². The largest absolute Gasteiger partial charge is 0.334 e. The lowest BCUT2D eigenvalue weighted by molar-refractivity contribution is 0.203. The molecule has 5 rings (SSSR count). The molecule has 0 bridgehead atoms. The standard InChI is InChI=1S/C26H19F3N4O2/c1-15-22(25-31-24(32-35-25)18-5-3-7-21(29)13-18)23(17-4-2-6-20(28)12-17)30-26(34)33(15)14-16-8-10-19(27)11-9-16/h2-13,23H,14H2,1H3,(H,30,34). The van der Waals surface area contributed by atoms with Crippen LogP contribution in [-0.2, 0) is 6.54 Å². The van der Waals surface area contributed by atoms with Crippen molar-refractivity contribution in [3.05, 3.63) is 113 Å². The minimum absolute atomic E-state index is 0.0973. The molecule has 4 aromatic rings. The molecule has 1 aliphatic rings. The molecule has 1 N–H and O–H groups in total. The maximum absolute atomic E-state index is 14.0. The smallest absolute Gasteiger partial charge is 0.322 e. The molecule has 0 aliphatic carbocycles. The van der Waals surface area contributed by atoms with Gasteiger partial charge in [0.15, 0.2) is 0 Å². The predicted molar refractivity (Wildman–Crippen MR) is 122 cm³/mol. The lowest BCUT2D eigenvalue weighted by Gasteiger charge is -2.35. The minimum Gasteiger partial charge on any atom is -0.334 e. The summed E-state index contributed by atoms with van der Waals surface area (Å²) >= 11 is 0. The highest BCUT2D eigenvalue weighted by Crippen LogP contribution is 2.38. The Morgan fingerprint density at radius 2 is 1.66 bits per heavy atom. The number of benzene rings is 3. The van der Waals surface area contributed by atoms with E-state index in [-0.39, 0.29) is 24.1 Å². The average molecular weight is 476 g/mol. The van der Waals surface area contributed by atoms with Gasteiger partial charge >= 0.3 is 6.03 Å². The highest BCUT2D eigenvalue weighted by Gasteiger charge is 2.36. The highest BCUT2D eigenvalue weighted by molar-refractivity contribution is 5.86. The Hall–Kier alpha value is -4.40. The van der Waals surface area contributed by atoms with Crippen LogP contribution in [0, 0.1) is 17.5 Å². The number of nitrogens with zero attached hydrogens (tertiary/aromatic N) is 3. The molecule has 0 saturated carbocycles. The fourth-order valence-corrected chi connectivity index (χ4v) is 4.04. The molecule has 0 fully saturated rings. The van der Waals surface area contributed by atoms with E-state index < -0.39 is 23.7 Å². The molecule has 35 heavy (non-hydrogen) atoms. The SMILES string of the molecule is CC1=C(c2nc(-c3cccc(F)c3)no2)C(c2cccc(F)c2)NC(=O)N1Cc1ccc(F)cc1. The van der Waals surface area contributed by atoms with Gasteiger partial charge < -0.3 is 9.84 Å². The first-order valence-electron chi connectivity index (χ1n) is 10.8. The van der Waals surface area contributed by atoms with Crippen molar-refractivity contribution in [3.63, 3.8) is 0 Å². The van der Waals surface area contributed by atoms with Crippen LogP contribution < -0.4 is 5.32 Å². The molecule has 9 heteroatoms. The van der Waals surface area contributed by atoms with Crippen LogP contribution in [0.4, 0.5) is 18.0 Å². The van der Waals surface area contributed by atoms with Gasteiger partial charge in [-0.1, -0.05) is 41.6 Å². The number of allylic oxidation sites excluding steroid dienone is 1. The number of carbonyl (C=O) groups excluding carboxylic acids is 1. The highest BCUT2D eigenvalue weighted by atomic mass is 19.1. The Balaban J connectivity index is 1.60. The average Bonchev–Trinajstić information content (AvgIpc) is 3.32. The molecule has 0 radical (unpaired) electrons. The normalized spacial score (nSPS) is 15.9. The van der Waals surface area contributed by atoms with Gasteiger partial charge in [-0.15, -0.1) is 0 Å². The molecular formula is C26H19F3N4O2. The second kappa shape index (κ2) is 9.09. The van der Waals surface area contributed by atoms with Crippen molar-refractivity contribution in [1.29, 1.82) is 0 Å². The van der Waals surface area contributed by atoms with Gasteiger partial charge in [-0.25, -0.2) is 18.0 Å². The molecule has 0 saturated heterocycles. The molecule has 1 atom stereocenters. The van der Waals surface area contributed by atoms with Crippen LogP contribution in [0.5, 0.6) is 0 Å². The monoisotopic (exact) mass is 476 g/mol. The Labute approximate surface area is 198 Å². The summed E-state index contributed by atoms with van der Waals surface area (Å²) in [4.78, 5) is 19.0. The zero-order chi connectivity index (χ0) is 24.5. The van der Waals surface area contributed by atoms with E-state index in [1.807, 2.05) is 0 Å². The topological polar surface area (TPSA) is 71.3 Å². The van der Waals surface area contributed by atoms with Gasteiger partial charge in [0.05, 0.1) is 18.2 Å². The summed E-state index contributed by atoms with van der Waals surface area (Å²) in [5.74, 6) is -1.03. The van der Waals surface area contributed by atoms with Crippen LogP contribution in [0.3, 0.4) is 0 Å². The first-order chi connectivity index (χ1) is 16.9. The van der Waals surface area contributed by atoms with Gasteiger partial charge in [0.1, 0.15) is 17.5 Å². The van der Waals surface area contributed by atoms with Crippen molar-refractivity contribution in [2.75, 3.05) is 0 Å². The molecule has 0 spiro atoms. The van der Waals surface area contributed by atoms with Gasteiger partial charge in [0.25, 0.3) is 5.89 Å². The summed E-state index contributed by atoms with van der Waals surface area (Å²) in [7, 11) is 0. The third kappa shape index (κ3) is 4.52. The van der Waals surface area contributed by atoms with Crippen LogP contribution in [0.15, 0.2) is 83.0 Å². The molecular weight excluding hydrogens is 457 g/mol. The zero-order valence-electron chi connectivity index (χ0n) is 18.5. The number of hydrogen-bond donors (Lipinski definition) is 1. The van der Waals surface area contributed by atoms with Crippen molar-refractivity contribution in [3.8, 4) is 11.4 Å².